The van der Waals surface area contributed by atoms with Crippen LogP contribution in [-0.2, 0) is 12.8 Å². The van der Waals surface area contributed by atoms with Crippen LogP contribution >= 0.6 is 0 Å². The molecule has 2 heteroatoms. The fourth-order valence-electron chi connectivity index (χ4n) is 3.48. The normalized spacial score (nSPS) is 16.0. The van der Waals surface area contributed by atoms with Gasteiger partial charge in [-0.2, -0.15) is 0 Å². The molecule has 0 aromatic heterocycles. The summed E-state index contributed by atoms with van der Waals surface area (Å²) in [6, 6.07) is 20.7. The molecule has 0 atom stereocenters. The van der Waals surface area contributed by atoms with Crippen LogP contribution in [0.25, 0.3) is 0 Å². The van der Waals surface area contributed by atoms with Crippen molar-refractivity contribution in [2.24, 2.45) is 0 Å². The minimum Gasteiger partial charge on any atom is -0.388 e. The van der Waals surface area contributed by atoms with Crippen molar-refractivity contribution in [1.82, 2.24) is 4.90 Å². The van der Waals surface area contributed by atoms with Crippen LogP contribution in [0.5, 0.6) is 0 Å². The molecule has 2 nitrogen and oxygen atoms in total. The highest BCUT2D eigenvalue weighted by molar-refractivity contribution is 5.22. The summed E-state index contributed by atoms with van der Waals surface area (Å²) in [6.07, 6.45) is 3.93. The van der Waals surface area contributed by atoms with Gasteiger partial charge in [-0.3, -0.25) is 0 Å². The Bertz CT molecular complexity index is 519. The van der Waals surface area contributed by atoms with Crippen LogP contribution in [0.2, 0.25) is 0 Å². The predicted octanol–water partition coefficient (Wildman–Crippen LogP) is 3.30. The Morgan fingerprint density at radius 2 is 1.23 bits per heavy atom. The summed E-state index contributed by atoms with van der Waals surface area (Å²) < 4.78 is 0. The number of aliphatic hydroxyl groups is 1. The largest absolute Gasteiger partial charge is 0.388 e. The molecular weight excluding hydrogens is 270 g/mol. The summed E-state index contributed by atoms with van der Waals surface area (Å²) in [4.78, 5) is 2.41. The van der Waals surface area contributed by atoms with E-state index in [4.69, 9.17) is 0 Å². The SMILES string of the molecule is OC(Cc1ccccc1)(Cc1ccccc1)CN1CCCC1. The predicted molar refractivity (Wildman–Crippen MR) is 90.9 cm³/mol. The Morgan fingerprint density at radius 3 is 1.68 bits per heavy atom. The first-order chi connectivity index (χ1) is 10.7. The average Bonchev–Trinajstić information content (AvgIpc) is 3.01. The Balaban J connectivity index is 1.77. The second-order valence-corrected chi connectivity index (χ2v) is 6.53. The third kappa shape index (κ3) is 4.19. The van der Waals surface area contributed by atoms with Crippen molar-refractivity contribution in [1.29, 1.82) is 0 Å². The average molecular weight is 295 g/mol. The van der Waals surface area contributed by atoms with Crippen molar-refractivity contribution in [3.05, 3.63) is 71.8 Å². The second-order valence-electron chi connectivity index (χ2n) is 6.53. The molecule has 2 aromatic rings. The lowest BCUT2D eigenvalue weighted by Gasteiger charge is -2.33. The van der Waals surface area contributed by atoms with E-state index >= 15 is 0 Å². The van der Waals surface area contributed by atoms with Gasteiger partial charge in [0.25, 0.3) is 0 Å². The Labute approximate surface area is 133 Å². The molecule has 1 aliphatic rings. The van der Waals surface area contributed by atoms with E-state index in [1.807, 2.05) is 36.4 Å². The number of likely N-dealkylation sites (tertiary alicyclic amines) is 1. The minimum atomic E-state index is -0.701. The summed E-state index contributed by atoms with van der Waals surface area (Å²) in [5.41, 5.74) is 1.72. The van der Waals surface area contributed by atoms with Gasteiger partial charge in [-0.25, -0.2) is 0 Å². The Hall–Kier alpha value is -1.64. The number of hydrogen-bond donors (Lipinski definition) is 1. The third-order valence-corrected chi connectivity index (χ3v) is 4.47. The topological polar surface area (TPSA) is 23.5 Å². The van der Waals surface area contributed by atoms with E-state index in [0.29, 0.717) is 12.8 Å². The van der Waals surface area contributed by atoms with Crippen molar-refractivity contribution in [3.63, 3.8) is 0 Å². The van der Waals surface area contributed by atoms with E-state index < -0.39 is 5.60 Å². The first kappa shape index (κ1) is 15.3. The zero-order valence-corrected chi connectivity index (χ0v) is 13.1. The second kappa shape index (κ2) is 7.08. The van der Waals surface area contributed by atoms with Crippen molar-refractivity contribution in [3.8, 4) is 0 Å². The van der Waals surface area contributed by atoms with Gasteiger partial charge in [0.05, 0.1) is 5.60 Å². The monoisotopic (exact) mass is 295 g/mol. The summed E-state index contributed by atoms with van der Waals surface area (Å²) >= 11 is 0. The van der Waals surface area contributed by atoms with E-state index in [-0.39, 0.29) is 0 Å². The maximum Gasteiger partial charge on any atom is 0.0854 e. The van der Waals surface area contributed by atoms with Gasteiger partial charge in [-0.15, -0.1) is 0 Å². The number of nitrogens with zero attached hydrogens (tertiary/aromatic N) is 1. The summed E-state index contributed by atoms with van der Waals surface area (Å²) in [5.74, 6) is 0. The molecule has 1 heterocycles. The van der Waals surface area contributed by atoms with Gasteiger partial charge >= 0.3 is 0 Å². The van der Waals surface area contributed by atoms with E-state index in [0.717, 1.165) is 19.6 Å². The van der Waals surface area contributed by atoms with Gasteiger partial charge < -0.3 is 10.0 Å². The summed E-state index contributed by atoms with van der Waals surface area (Å²) in [7, 11) is 0. The van der Waals surface area contributed by atoms with E-state index in [9.17, 15) is 5.11 Å². The highest BCUT2D eigenvalue weighted by atomic mass is 16.3. The van der Waals surface area contributed by atoms with Crippen LogP contribution in [0.4, 0.5) is 0 Å². The highest BCUT2D eigenvalue weighted by Crippen LogP contribution is 2.23. The van der Waals surface area contributed by atoms with Crippen molar-refractivity contribution in [2.75, 3.05) is 19.6 Å². The molecule has 1 N–H and O–H groups in total. The van der Waals surface area contributed by atoms with Gasteiger partial charge in [0.15, 0.2) is 0 Å². The molecule has 0 spiro atoms. The molecule has 3 rings (SSSR count). The first-order valence-corrected chi connectivity index (χ1v) is 8.26. The standard InChI is InChI=1S/C20H25NO/c22-20(17-21-13-7-8-14-21,15-18-9-3-1-4-10-18)16-19-11-5-2-6-12-19/h1-6,9-12,22H,7-8,13-17H2. The van der Waals surface area contributed by atoms with E-state index in [1.54, 1.807) is 0 Å². The molecule has 0 saturated carbocycles. The molecule has 0 radical (unpaired) electrons. The van der Waals surface area contributed by atoms with Gasteiger partial charge in [-0.05, 0) is 37.1 Å². The molecule has 1 fully saturated rings. The maximum absolute atomic E-state index is 11.3. The van der Waals surface area contributed by atoms with Crippen LogP contribution in [0.3, 0.4) is 0 Å². The van der Waals surface area contributed by atoms with Crippen LogP contribution in [0, 0.1) is 0 Å². The fourth-order valence-corrected chi connectivity index (χ4v) is 3.48. The molecule has 22 heavy (non-hydrogen) atoms. The molecule has 116 valence electrons. The summed E-state index contributed by atoms with van der Waals surface area (Å²) in [6.45, 7) is 2.99. The molecule has 0 unspecified atom stereocenters. The number of β-amino-alcohol motifs (C(OH)–C–C–N with tert-alkyl or cyclic N) is 1. The van der Waals surface area contributed by atoms with Crippen LogP contribution < -0.4 is 0 Å². The quantitative estimate of drug-likeness (QED) is 0.884. The third-order valence-electron chi connectivity index (χ3n) is 4.47. The van der Waals surface area contributed by atoms with Gasteiger partial charge in [-0.1, -0.05) is 60.7 Å². The van der Waals surface area contributed by atoms with Crippen LogP contribution in [-0.4, -0.2) is 35.2 Å². The number of rotatable bonds is 6. The minimum absolute atomic E-state index is 0.701. The molecule has 0 aliphatic carbocycles. The first-order valence-electron chi connectivity index (χ1n) is 8.26. The van der Waals surface area contributed by atoms with Crippen molar-refractivity contribution >= 4 is 0 Å². The lowest BCUT2D eigenvalue weighted by Crippen LogP contribution is -2.45. The lowest BCUT2D eigenvalue weighted by molar-refractivity contribution is 0.00973. The molecule has 1 saturated heterocycles. The molecule has 0 bridgehead atoms. The number of benzene rings is 2. The maximum atomic E-state index is 11.3. The molecule has 2 aromatic carbocycles. The fraction of sp³-hybridized carbons (Fsp3) is 0.400. The van der Waals surface area contributed by atoms with Crippen LogP contribution in [0.15, 0.2) is 60.7 Å². The van der Waals surface area contributed by atoms with E-state index in [1.165, 1.54) is 24.0 Å². The Morgan fingerprint density at radius 1 is 0.773 bits per heavy atom. The smallest absolute Gasteiger partial charge is 0.0854 e. The van der Waals surface area contributed by atoms with Gasteiger partial charge in [0.2, 0.25) is 0 Å². The molecule has 0 amide bonds. The molecular formula is C20H25NO. The number of hydrogen-bond acceptors (Lipinski definition) is 2. The van der Waals surface area contributed by atoms with Crippen molar-refractivity contribution in [2.45, 2.75) is 31.3 Å². The van der Waals surface area contributed by atoms with Crippen LogP contribution in [0.1, 0.15) is 24.0 Å². The zero-order chi connectivity index (χ0) is 15.3. The Kier molecular flexibility index (Phi) is 4.91. The van der Waals surface area contributed by atoms with Gasteiger partial charge in [0, 0.05) is 19.4 Å². The van der Waals surface area contributed by atoms with Gasteiger partial charge in [0.1, 0.15) is 0 Å². The van der Waals surface area contributed by atoms with Crippen molar-refractivity contribution < 1.29 is 5.11 Å². The van der Waals surface area contributed by atoms with E-state index in [2.05, 4.69) is 29.2 Å². The highest BCUT2D eigenvalue weighted by Gasteiger charge is 2.31. The zero-order valence-electron chi connectivity index (χ0n) is 13.1. The molecule has 1 aliphatic heterocycles. The lowest BCUT2D eigenvalue weighted by atomic mass is 9.87. The summed E-state index contributed by atoms with van der Waals surface area (Å²) in [5, 5.41) is 11.3.